The molecule has 2 aliphatic heterocycles. The second-order valence-electron chi connectivity index (χ2n) is 7.67. The van der Waals surface area contributed by atoms with Gasteiger partial charge in [0.05, 0.1) is 19.3 Å². The molecule has 5 nitrogen and oxygen atoms in total. The summed E-state index contributed by atoms with van der Waals surface area (Å²) in [6, 6.07) is 10.7. The molecular formula is C22H26FN3O2. The number of aromatic nitrogens is 1. The highest BCUT2D eigenvalue weighted by Gasteiger charge is 2.50. The fourth-order valence-corrected chi connectivity index (χ4v) is 4.58. The van der Waals surface area contributed by atoms with Crippen LogP contribution in [-0.4, -0.2) is 46.4 Å². The highest BCUT2D eigenvalue weighted by Crippen LogP contribution is 2.39. The maximum absolute atomic E-state index is 14.5. The number of rotatable bonds is 5. The molecule has 1 amide bonds. The zero-order valence-corrected chi connectivity index (χ0v) is 16.2. The van der Waals surface area contributed by atoms with E-state index in [9.17, 15) is 9.18 Å². The Labute approximate surface area is 165 Å². The Bertz CT molecular complexity index is 845. The van der Waals surface area contributed by atoms with Gasteiger partial charge in [-0.2, -0.15) is 0 Å². The van der Waals surface area contributed by atoms with Gasteiger partial charge in [0.25, 0.3) is 0 Å². The van der Waals surface area contributed by atoms with Crippen LogP contribution in [0.3, 0.4) is 0 Å². The number of benzene rings is 1. The van der Waals surface area contributed by atoms with Crippen molar-refractivity contribution in [1.82, 2.24) is 14.8 Å². The lowest BCUT2D eigenvalue weighted by Gasteiger charge is -2.44. The van der Waals surface area contributed by atoms with Crippen LogP contribution in [0.1, 0.15) is 36.9 Å². The molecule has 0 radical (unpaired) electrons. The van der Waals surface area contributed by atoms with Crippen LogP contribution in [0.4, 0.5) is 4.39 Å². The Hall–Kier alpha value is -2.47. The number of carbonyl (C=O) groups is 1. The third-order valence-corrected chi connectivity index (χ3v) is 6.03. The van der Waals surface area contributed by atoms with E-state index in [0.29, 0.717) is 24.4 Å². The van der Waals surface area contributed by atoms with Crippen molar-refractivity contribution in [3.05, 3.63) is 59.7 Å². The molecule has 1 spiro atoms. The van der Waals surface area contributed by atoms with Gasteiger partial charge < -0.3 is 9.64 Å². The number of carbonyl (C=O) groups excluding carboxylic acids is 1. The number of amides is 1. The van der Waals surface area contributed by atoms with Gasteiger partial charge in [0.1, 0.15) is 17.1 Å². The van der Waals surface area contributed by atoms with E-state index in [1.807, 2.05) is 23.1 Å². The Morgan fingerprint density at radius 3 is 2.68 bits per heavy atom. The van der Waals surface area contributed by atoms with Crippen molar-refractivity contribution in [3.63, 3.8) is 0 Å². The van der Waals surface area contributed by atoms with Gasteiger partial charge in [-0.3, -0.25) is 14.7 Å². The molecule has 1 atom stereocenters. The molecule has 3 heterocycles. The van der Waals surface area contributed by atoms with Crippen molar-refractivity contribution in [1.29, 1.82) is 0 Å². The predicted molar refractivity (Wildman–Crippen MR) is 104 cm³/mol. The van der Waals surface area contributed by atoms with Gasteiger partial charge in [0, 0.05) is 30.9 Å². The first kappa shape index (κ1) is 18.9. The summed E-state index contributed by atoms with van der Waals surface area (Å²) >= 11 is 0. The number of halogens is 1. The minimum Gasteiger partial charge on any atom is -0.497 e. The molecule has 1 unspecified atom stereocenters. The molecule has 148 valence electrons. The summed E-state index contributed by atoms with van der Waals surface area (Å²) in [5.74, 6) is 0.387. The third kappa shape index (κ3) is 3.49. The smallest absolute Gasteiger partial charge is 0.243 e. The maximum Gasteiger partial charge on any atom is 0.243 e. The minimum absolute atomic E-state index is 0.163. The average Bonchev–Trinajstić information content (AvgIpc) is 3.11. The van der Waals surface area contributed by atoms with E-state index >= 15 is 0 Å². The number of likely N-dealkylation sites (tertiary alicyclic amines) is 2. The molecular weight excluding hydrogens is 357 g/mol. The number of hydrogen-bond acceptors (Lipinski definition) is 4. The number of pyridine rings is 1. The van der Waals surface area contributed by atoms with Gasteiger partial charge in [0.2, 0.25) is 5.91 Å². The Morgan fingerprint density at radius 2 is 1.96 bits per heavy atom. The number of piperidine rings is 1. The SMILES string of the molecule is COc1ccc(CN2CCCC23CCCN(Cc2ccccn2)C3=O)c(F)c1. The lowest BCUT2D eigenvalue weighted by atomic mass is 9.85. The van der Waals surface area contributed by atoms with Crippen molar-refractivity contribution in [2.45, 2.75) is 44.3 Å². The van der Waals surface area contributed by atoms with Crippen molar-refractivity contribution < 1.29 is 13.9 Å². The lowest BCUT2D eigenvalue weighted by Crippen LogP contribution is -2.59. The molecule has 28 heavy (non-hydrogen) atoms. The van der Waals surface area contributed by atoms with Crippen LogP contribution >= 0.6 is 0 Å². The summed E-state index contributed by atoms with van der Waals surface area (Å²) in [6.07, 6.45) is 5.35. The zero-order valence-electron chi connectivity index (χ0n) is 16.2. The fraction of sp³-hybridized carbons (Fsp3) is 0.455. The molecule has 2 fully saturated rings. The summed E-state index contributed by atoms with van der Waals surface area (Å²) in [7, 11) is 1.53. The minimum atomic E-state index is -0.514. The summed E-state index contributed by atoms with van der Waals surface area (Å²) in [5.41, 5.74) is 0.995. The zero-order chi connectivity index (χ0) is 19.6. The van der Waals surface area contributed by atoms with Crippen molar-refractivity contribution >= 4 is 5.91 Å². The van der Waals surface area contributed by atoms with Crippen LogP contribution in [0.2, 0.25) is 0 Å². The van der Waals surface area contributed by atoms with E-state index in [-0.39, 0.29) is 11.7 Å². The average molecular weight is 383 g/mol. The van der Waals surface area contributed by atoms with E-state index in [0.717, 1.165) is 44.5 Å². The first-order valence-corrected chi connectivity index (χ1v) is 9.89. The normalized spacial score (nSPS) is 22.8. The molecule has 1 aromatic carbocycles. The second-order valence-corrected chi connectivity index (χ2v) is 7.67. The highest BCUT2D eigenvalue weighted by molar-refractivity contribution is 5.87. The van der Waals surface area contributed by atoms with Gasteiger partial charge in [-0.05, 0) is 50.4 Å². The van der Waals surface area contributed by atoms with Gasteiger partial charge >= 0.3 is 0 Å². The van der Waals surface area contributed by atoms with Gasteiger partial charge in [0.15, 0.2) is 0 Å². The van der Waals surface area contributed by atoms with Crippen LogP contribution in [0, 0.1) is 5.82 Å². The third-order valence-electron chi connectivity index (χ3n) is 6.03. The molecule has 1 aromatic heterocycles. The van der Waals surface area contributed by atoms with E-state index in [1.54, 1.807) is 18.3 Å². The first-order chi connectivity index (χ1) is 13.6. The largest absolute Gasteiger partial charge is 0.497 e. The molecule has 0 bridgehead atoms. The number of nitrogens with zero attached hydrogens (tertiary/aromatic N) is 3. The standard InChI is InChI=1S/C22H26FN3O2/c1-28-19-8-7-17(20(23)14-19)15-26-13-5-10-22(26)9-4-12-25(21(22)27)16-18-6-2-3-11-24-18/h2-3,6-8,11,14H,4-5,9-10,12-13,15-16H2,1H3. The van der Waals surface area contributed by atoms with Crippen molar-refractivity contribution in [2.75, 3.05) is 20.2 Å². The second kappa shape index (κ2) is 7.87. The van der Waals surface area contributed by atoms with E-state index in [4.69, 9.17) is 4.74 Å². The quantitative estimate of drug-likeness (QED) is 0.794. The van der Waals surface area contributed by atoms with Gasteiger partial charge in [-0.25, -0.2) is 4.39 Å². The van der Waals surface area contributed by atoms with E-state index in [2.05, 4.69) is 9.88 Å². The van der Waals surface area contributed by atoms with Crippen LogP contribution in [0.25, 0.3) is 0 Å². The monoisotopic (exact) mass is 383 g/mol. The Balaban J connectivity index is 1.54. The maximum atomic E-state index is 14.5. The Kier molecular flexibility index (Phi) is 5.31. The number of ether oxygens (including phenoxy) is 1. The molecule has 6 heteroatoms. The molecule has 4 rings (SSSR count). The van der Waals surface area contributed by atoms with Crippen LogP contribution in [0.15, 0.2) is 42.6 Å². The predicted octanol–water partition coefficient (Wildman–Crippen LogP) is 3.39. The molecule has 2 saturated heterocycles. The summed E-state index contributed by atoms with van der Waals surface area (Å²) in [6.45, 7) is 2.54. The Morgan fingerprint density at radius 1 is 1.14 bits per heavy atom. The van der Waals surface area contributed by atoms with Crippen LogP contribution < -0.4 is 4.74 Å². The topological polar surface area (TPSA) is 45.7 Å². The van der Waals surface area contributed by atoms with Crippen LogP contribution in [0.5, 0.6) is 5.75 Å². The molecule has 0 aliphatic carbocycles. The lowest BCUT2D eigenvalue weighted by molar-refractivity contribution is -0.148. The number of methoxy groups -OCH3 is 1. The number of hydrogen-bond donors (Lipinski definition) is 0. The first-order valence-electron chi connectivity index (χ1n) is 9.89. The van der Waals surface area contributed by atoms with Gasteiger partial charge in [-0.15, -0.1) is 0 Å². The van der Waals surface area contributed by atoms with Crippen LogP contribution in [-0.2, 0) is 17.9 Å². The molecule has 2 aliphatic rings. The van der Waals surface area contributed by atoms with Crippen molar-refractivity contribution in [2.24, 2.45) is 0 Å². The summed E-state index contributed by atoms with van der Waals surface area (Å²) in [5, 5.41) is 0. The molecule has 0 N–H and O–H groups in total. The summed E-state index contributed by atoms with van der Waals surface area (Å²) < 4.78 is 19.6. The van der Waals surface area contributed by atoms with E-state index in [1.165, 1.54) is 13.2 Å². The van der Waals surface area contributed by atoms with Gasteiger partial charge in [-0.1, -0.05) is 12.1 Å². The van der Waals surface area contributed by atoms with E-state index < -0.39 is 5.54 Å². The molecule has 0 saturated carbocycles. The van der Waals surface area contributed by atoms with Crippen molar-refractivity contribution in [3.8, 4) is 5.75 Å². The highest BCUT2D eigenvalue weighted by atomic mass is 19.1. The summed E-state index contributed by atoms with van der Waals surface area (Å²) in [4.78, 5) is 22.0. The fourth-order valence-electron chi connectivity index (χ4n) is 4.58. The molecule has 2 aromatic rings.